The fourth-order valence-corrected chi connectivity index (χ4v) is 3.46. The Kier molecular flexibility index (Phi) is 3.80. The van der Waals surface area contributed by atoms with E-state index in [4.69, 9.17) is 10.7 Å². The van der Waals surface area contributed by atoms with Crippen molar-refractivity contribution in [3.8, 4) is 11.4 Å². The van der Waals surface area contributed by atoms with E-state index >= 15 is 0 Å². The second kappa shape index (κ2) is 6.13. The van der Waals surface area contributed by atoms with E-state index in [9.17, 15) is 0 Å². The summed E-state index contributed by atoms with van der Waals surface area (Å²) in [5.74, 6) is 0.878. The summed E-state index contributed by atoms with van der Waals surface area (Å²) in [6.07, 6.45) is 0. The number of anilines is 2. The molecule has 0 amide bonds. The van der Waals surface area contributed by atoms with Crippen molar-refractivity contribution in [1.29, 1.82) is 0 Å². The summed E-state index contributed by atoms with van der Waals surface area (Å²) < 4.78 is 0. The molecule has 0 saturated heterocycles. The maximum absolute atomic E-state index is 6.29. The lowest BCUT2D eigenvalue weighted by atomic mass is 10.0. The van der Waals surface area contributed by atoms with Gasteiger partial charge in [-0.15, -0.1) is 0 Å². The molecule has 3 N–H and O–H groups in total. The average molecular weight is 330 g/mol. The summed E-state index contributed by atoms with van der Waals surface area (Å²) in [4.78, 5) is 10.5. The largest absolute Gasteiger partial charge is 0.397 e. The summed E-state index contributed by atoms with van der Waals surface area (Å²) in [6, 6.07) is 18.7. The van der Waals surface area contributed by atoms with Crippen molar-refractivity contribution in [3.05, 3.63) is 54.6 Å². The quantitative estimate of drug-likeness (QED) is 0.528. The van der Waals surface area contributed by atoms with Crippen LogP contribution in [0.25, 0.3) is 33.2 Å². The van der Waals surface area contributed by atoms with Crippen LogP contribution < -0.4 is 10.6 Å². The second-order valence-electron chi connectivity index (χ2n) is 6.21. The molecule has 4 nitrogen and oxygen atoms in total. The Balaban J connectivity index is 1.89. The molecule has 1 heterocycles. The number of hydrogen-bond acceptors (Lipinski definition) is 3. The first-order valence-electron chi connectivity index (χ1n) is 8.73. The van der Waals surface area contributed by atoms with Gasteiger partial charge in [0.15, 0.2) is 0 Å². The van der Waals surface area contributed by atoms with Crippen LogP contribution >= 0.6 is 0 Å². The average Bonchev–Trinajstić information content (AvgIpc) is 3.05. The lowest BCUT2D eigenvalue weighted by Crippen LogP contribution is -2.22. The zero-order valence-electron chi connectivity index (χ0n) is 14.6. The molecule has 0 atom stereocenters. The smallest absolute Gasteiger partial charge is 0.139 e. The van der Waals surface area contributed by atoms with Crippen LogP contribution in [-0.2, 0) is 0 Å². The van der Waals surface area contributed by atoms with E-state index in [0.29, 0.717) is 0 Å². The maximum atomic E-state index is 6.29. The van der Waals surface area contributed by atoms with E-state index in [2.05, 4.69) is 72.3 Å². The van der Waals surface area contributed by atoms with E-state index in [1.807, 2.05) is 6.07 Å². The standard InChI is InChI=1S/C21H22N4/c1-3-25(4-2)20-13-19-18(12-17(20)22)23-21(24-19)16-11-7-9-14-8-5-6-10-15(14)16/h5-13H,3-4,22H2,1-2H3,(H,23,24). The molecular formula is C21H22N4. The monoisotopic (exact) mass is 330 g/mol. The highest BCUT2D eigenvalue weighted by Gasteiger charge is 2.13. The summed E-state index contributed by atoms with van der Waals surface area (Å²) in [5, 5.41) is 2.41. The Bertz CT molecular complexity index is 1040. The molecular weight excluding hydrogens is 308 g/mol. The molecule has 0 aliphatic heterocycles. The third-order valence-electron chi connectivity index (χ3n) is 4.78. The topological polar surface area (TPSA) is 57.9 Å². The number of H-pyrrole nitrogens is 1. The molecule has 4 aromatic rings. The van der Waals surface area contributed by atoms with E-state index in [-0.39, 0.29) is 0 Å². The van der Waals surface area contributed by atoms with Crippen molar-refractivity contribution in [3.63, 3.8) is 0 Å². The minimum absolute atomic E-state index is 0.782. The van der Waals surface area contributed by atoms with Crippen LogP contribution in [0.2, 0.25) is 0 Å². The van der Waals surface area contributed by atoms with E-state index < -0.39 is 0 Å². The van der Waals surface area contributed by atoms with Crippen LogP contribution in [0, 0.1) is 0 Å². The van der Waals surface area contributed by atoms with Crippen LogP contribution in [0.1, 0.15) is 13.8 Å². The number of imidazole rings is 1. The first kappa shape index (κ1) is 15.5. The molecule has 126 valence electrons. The third-order valence-corrected chi connectivity index (χ3v) is 4.78. The number of nitrogens with zero attached hydrogens (tertiary/aromatic N) is 2. The maximum Gasteiger partial charge on any atom is 0.139 e. The van der Waals surface area contributed by atoms with Crippen LogP contribution in [-0.4, -0.2) is 23.1 Å². The molecule has 0 fully saturated rings. The molecule has 0 bridgehead atoms. The van der Waals surface area contributed by atoms with Crippen LogP contribution in [0.5, 0.6) is 0 Å². The normalized spacial score (nSPS) is 11.3. The van der Waals surface area contributed by atoms with Gasteiger partial charge in [0.25, 0.3) is 0 Å². The molecule has 0 aliphatic carbocycles. The lowest BCUT2D eigenvalue weighted by molar-refractivity contribution is 0.868. The van der Waals surface area contributed by atoms with E-state index in [1.165, 1.54) is 10.8 Å². The number of nitrogen functional groups attached to an aromatic ring is 1. The van der Waals surface area contributed by atoms with Gasteiger partial charge in [0.2, 0.25) is 0 Å². The van der Waals surface area contributed by atoms with Crippen molar-refractivity contribution in [1.82, 2.24) is 9.97 Å². The number of aromatic amines is 1. The van der Waals surface area contributed by atoms with Crippen LogP contribution in [0.3, 0.4) is 0 Å². The van der Waals surface area contributed by atoms with Crippen molar-refractivity contribution >= 4 is 33.2 Å². The third kappa shape index (κ3) is 2.60. The van der Waals surface area contributed by atoms with Crippen LogP contribution in [0.15, 0.2) is 54.6 Å². The van der Waals surface area contributed by atoms with Gasteiger partial charge < -0.3 is 15.6 Å². The predicted molar refractivity (Wildman–Crippen MR) is 107 cm³/mol. The fourth-order valence-electron chi connectivity index (χ4n) is 3.46. The van der Waals surface area contributed by atoms with Crippen LogP contribution in [0.4, 0.5) is 11.4 Å². The number of nitrogens with one attached hydrogen (secondary N) is 1. The molecule has 0 spiro atoms. The number of aromatic nitrogens is 2. The molecule has 4 heteroatoms. The first-order valence-corrected chi connectivity index (χ1v) is 8.73. The zero-order valence-corrected chi connectivity index (χ0v) is 14.6. The summed E-state index contributed by atoms with van der Waals surface area (Å²) in [6.45, 7) is 6.12. The minimum Gasteiger partial charge on any atom is -0.397 e. The number of nitrogens with two attached hydrogens (primary N) is 1. The van der Waals surface area contributed by atoms with Crippen molar-refractivity contribution < 1.29 is 0 Å². The van der Waals surface area contributed by atoms with Gasteiger partial charge in [0, 0.05) is 18.7 Å². The van der Waals surface area contributed by atoms with Gasteiger partial charge in [-0.25, -0.2) is 4.98 Å². The van der Waals surface area contributed by atoms with Crippen molar-refractivity contribution in [2.24, 2.45) is 0 Å². The van der Waals surface area contributed by atoms with E-state index in [0.717, 1.165) is 46.9 Å². The Hall–Kier alpha value is -3.01. The van der Waals surface area contributed by atoms with Gasteiger partial charge in [-0.3, -0.25) is 0 Å². The molecule has 0 saturated carbocycles. The molecule has 25 heavy (non-hydrogen) atoms. The van der Waals surface area contributed by atoms with E-state index in [1.54, 1.807) is 0 Å². The number of rotatable bonds is 4. The highest BCUT2D eigenvalue weighted by Crippen LogP contribution is 2.32. The Labute approximate surface area is 147 Å². The fraction of sp³-hybridized carbons (Fsp3) is 0.190. The van der Waals surface area contributed by atoms with Crippen molar-refractivity contribution in [2.45, 2.75) is 13.8 Å². The number of benzene rings is 3. The summed E-state index contributed by atoms with van der Waals surface area (Å²) in [5.41, 5.74) is 11.1. The SMILES string of the molecule is CCN(CC)c1cc2nc(-c3cccc4ccccc34)[nH]c2cc1N. The van der Waals surface area contributed by atoms with Gasteiger partial charge in [-0.05, 0) is 36.8 Å². The van der Waals surface area contributed by atoms with Gasteiger partial charge in [-0.2, -0.15) is 0 Å². The Morgan fingerprint density at radius 3 is 2.56 bits per heavy atom. The Morgan fingerprint density at radius 1 is 1.00 bits per heavy atom. The Morgan fingerprint density at radius 2 is 1.76 bits per heavy atom. The predicted octanol–water partition coefficient (Wildman–Crippen LogP) is 4.81. The van der Waals surface area contributed by atoms with Gasteiger partial charge in [0.05, 0.1) is 22.4 Å². The summed E-state index contributed by atoms with van der Waals surface area (Å²) >= 11 is 0. The molecule has 0 radical (unpaired) electrons. The summed E-state index contributed by atoms with van der Waals surface area (Å²) in [7, 11) is 0. The molecule has 1 aromatic heterocycles. The molecule has 3 aromatic carbocycles. The lowest BCUT2D eigenvalue weighted by Gasteiger charge is -2.22. The van der Waals surface area contributed by atoms with Gasteiger partial charge in [-0.1, -0.05) is 42.5 Å². The molecule has 0 aliphatic rings. The molecule has 0 unspecified atom stereocenters. The highest BCUT2D eigenvalue weighted by atomic mass is 15.1. The first-order chi connectivity index (χ1) is 12.2. The van der Waals surface area contributed by atoms with Gasteiger partial charge >= 0.3 is 0 Å². The number of fused-ring (bicyclic) bond motifs is 2. The van der Waals surface area contributed by atoms with Crippen molar-refractivity contribution in [2.75, 3.05) is 23.7 Å². The minimum atomic E-state index is 0.782. The zero-order chi connectivity index (χ0) is 17.4. The highest BCUT2D eigenvalue weighted by molar-refractivity contribution is 5.97. The van der Waals surface area contributed by atoms with Gasteiger partial charge in [0.1, 0.15) is 5.82 Å². The second-order valence-corrected chi connectivity index (χ2v) is 6.21. The number of hydrogen-bond donors (Lipinski definition) is 2. The molecule has 4 rings (SSSR count).